The molecular weight excluding hydrogens is 205 g/mol. The van der Waals surface area contributed by atoms with E-state index in [9.17, 15) is 4.39 Å². The second-order valence-corrected chi connectivity index (χ2v) is 3.98. The first-order valence-electron chi connectivity index (χ1n) is 4.30. The molecule has 0 saturated heterocycles. The van der Waals surface area contributed by atoms with Crippen molar-refractivity contribution in [3.8, 4) is 0 Å². The van der Waals surface area contributed by atoms with E-state index in [1.807, 2.05) is 0 Å². The molecule has 1 rings (SSSR count). The fourth-order valence-corrected chi connectivity index (χ4v) is 1.40. The lowest BCUT2D eigenvalue weighted by Crippen LogP contribution is -2.36. The van der Waals surface area contributed by atoms with E-state index in [4.69, 9.17) is 22.4 Å². The first-order chi connectivity index (χ1) is 6.53. The maximum absolute atomic E-state index is 13.5. The van der Waals surface area contributed by atoms with Crippen molar-refractivity contribution in [1.82, 2.24) is 0 Å². The van der Waals surface area contributed by atoms with Gasteiger partial charge in [0.15, 0.2) is 0 Å². The van der Waals surface area contributed by atoms with E-state index in [-0.39, 0.29) is 13.2 Å². The monoisotopic (exact) mass is 217 g/mol. The van der Waals surface area contributed by atoms with Gasteiger partial charge in [-0.05, 0) is 17.7 Å². The Bertz CT molecular complexity index is 326. The van der Waals surface area contributed by atoms with Crippen LogP contribution in [0.2, 0.25) is 5.02 Å². The standard InChI is InChI=1S/C10H13ClFNO/c1-10(5-13,6-14)8-3-2-7(11)4-9(8)12/h2-4,14H,5-6,13H2,1H3. The summed E-state index contributed by atoms with van der Waals surface area (Å²) in [5, 5.41) is 9.49. The minimum absolute atomic E-state index is 0.183. The normalized spacial score (nSPS) is 15.2. The van der Waals surface area contributed by atoms with E-state index < -0.39 is 11.2 Å². The Kier molecular flexibility index (Phi) is 3.48. The first-order valence-corrected chi connectivity index (χ1v) is 4.68. The SMILES string of the molecule is CC(CN)(CO)c1ccc(Cl)cc1F. The van der Waals surface area contributed by atoms with Gasteiger partial charge in [0.1, 0.15) is 5.82 Å². The van der Waals surface area contributed by atoms with E-state index >= 15 is 0 Å². The number of hydrogen-bond donors (Lipinski definition) is 2. The number of hydrogen-bond acceptors (Lipinski definition) is 2. The van der Waals surface area contributed by atoms with E-state index in [1.165, 1.54) is 6.07 Å². The molecule has 0 amide bonds. The lowest BCUT2D eigenvalue weighted by molar-refractivity contribution is 0.206. The zero-order chi connectivity index (χ0) is 10.8. The van der Waals surface area contributed by atoms with Crippen molar-refractivity contribution < 1.29 is 9.50 Å². The van der Waals surface area contributed by atoms with Gasteiger partial charge in [0.2, 0.25) is 0 Å². The molecule has 0 aliphatic heterocycles. The summed E-state index contributed by atoms with van der Waals surface area (Å²) in [6.45, 7) is 1.70. The third kappa shape index (κ3) is 2.05. The predicted octanol–water partition coefficient (Wildman–Crippen LogP) is 1.69. The van der Waals surface area contributed by atoms with Gasteiger partial charge in [-0.1, -0.05) is 24.6 Å². The van der Waals surface area contributed by atoms with Crippen LogP contribution >= 0.6 is 11.6 Å². The molecule has 0 aliphatic carbocycles. The van der Waals surface area contributed by atoms with E-state index in [1.54, 1.807) is 19.1 Å². The Labute approximate surface area is 87.5 Å². The van der Waals surface area contributed by atoms with Gasteiger partial charge in [0.05, 0.1) is 6.61 Å². The third-order valence-electron chi connectivity index (χ3n) is 2.38. The highest BCUT2D eigenvalue weighted by Crippen LogP contribution is 2.26. The summed E-state index contributed by atoms with van der Waals surface area (Å²) < 4.78 is 13.5. The number of nitrogens with two attached hydrogens (primary N) is 1. The van der Waals surface area contributed by atoms with Gasteiger partial charge in [-0.25, -0.2) is 4.39 Å². The second-order valence-electron chi connectivity index (χ2n) is 3.55. The Morgan fingerprint density at radius 1 is 1.57 bits per heavy atom. The Balaban J connectivity index is 3.17. The minimum Gasteiger partial charge on any atom is -0.395 e. The van der Waals surface area contributed by atoms with Crippen molar-refractivity contribution in [2.24, 2.45) is 5.73 Å². The van der Waals surface area contributed by atoms with Crippen LogP contribution in [-0.2, 0) is 5.41 Å². The molecule has 1 aromatic carbocycles. The van der Waals surface area contributed by atoms with Crippen LogP contribution < -0.4 is 5.73 Å². The van der Waals surface area contributed by atoms with Crippen molar-refractivity contribution in [1.29, 1.82) is 0 Å². The van der Waals surface area contributed by atoms with Crippen LogP contribution in [0.25, 0.3) is 0 Å². The molecule has 0 aromatic heterocycles. The summed E-state index contributed by atoms with van der Waals surface area (Å²) in [6, 6.07) is 4.37. The number of benzene rings is 1. The van der Waals surface area contributed by atoms with Crippen LogP contribution in [0.5, 0.6) is 0 Å². The van der Waals surface area contributed by atoms with Crippen LogP contribution in [0.1, 0.15) is 12.5 Å². The van der Waals surface area contributed by atoms with Gasteiger partial charge in [0, 0.05) is 17.0 Å². The number of rotatable bonds is 3. The zero-order valence-corrected chi connectivity index (χ0v) is 8.68. The Hall–Kier alpha value is -0.640. The molecule has 1 aromatic rings. The lowest BCUT2D eigenvalue weighted by atomic mass is 9.83. The van der Waals surface area contributed by atoms with Crippen LogP contribution in [0, 0.1) is 5.82 Å². The largest absolute Gasteiger partial charge is 0.395 e. The average Bonchev–Trinajstić information content (AvgIpc) is 2.17. The van der Waals surface area contributed by atoms with Crippen LogP contribution in [0.3, 0.4) is 0 Å². The van der Waals surface area contributed by atoms with Crippen molar-refractivity contribution >= 4 is 11.6 Å². The molecule has 78 valence electrons. The fraction of sp³-hybridized carbons (Fsp3) is 0.400. The zero-order valence-electron chi connectivity index (χ0n) is 7.93. The summed E-state index contributed by atoms with van der Waals surface area (Å²) in [7, 11) is 0. The summed E-state index contributed by atoms with van der Waals surface area (Å²) in [5.41, 5.74) is 5.15. The molecule has 1 unspecified atom stereocenters. The maximum Gasteiger partial charge on any atom is 0.128 e. The highest BCUT2D eigenvalue weighted by molar-refractivity contribution is 6.30. The van der Waals surface area contributed by atoms with Crippen LogP contribution in [0.4, 0.5) is 4.39 Å². The smallest absolute Gasteiger partial charge is 0.128 e. The average molecular weight is 218 g/mol. The van der Waals surface area contributed by atoms with Crippen LogP contribution in [-0.4, -0.2) is 18.3 Å². The van der Waals surface area contributed by atoms with Crippen molar-refractivity contribution in [3.63, 3.8) is 0 Å². The van der Waals surface area contributed by atoms with E-state index in [0.717, 1.165) is 0 Å². The van der Waals surface area contributed by atoms with Gasteiger partial charge in [-0.2, -0.15) is 0 Å². The van der Waals surface area contributed by atoms with Gasteiger partial charge in [-0.3, -0.25) is 0 Å². The summed E-state index contributed by atoms with van der Waals surface area (Å²) in [4.78, 5) is 0. The minimum atomic E-state index is -0.741. The molecule has 14 heavy (non-hydrogen) atoms. The molecule has 2 nitrogen and oxygen atoms in total. The molecule has 0 aliphatic rings. The van der Waals surface area contributed by atoms with E-state index in [2.05, 4.69) is 0 Å². The molecule has 1 atom stereocenters. The number of halogens is 2. The maximum atomic E-state index is 13.5. The fourth-order valence-electron chi connectivity index (χ4n) is 1.24. The quantitative estimate of drug-likeness (QED) is 0.810. The van der Waals surface area contributed by atoms with Gasteiger partial charge < -0.3 is 10.8 Å². The van der Waals surface area contributed by atoms with Gasteiger partial charge in [0.25, 0.3) is 0 Å². The highest BCUT2D eigenvalue weighted by Gasteiger charge is 2.27. The van der Waals surface area contributed by atoms with Crippen LogP contribution in [0.15, 0.2) is 18.2 Å². The number of aliphatic hydroxyl groups excluding tert-OH is 1. The van der Waals surface area contributed by atoms with E-state index in [0.29, 0.717) is 10.6 Å². The molecule has 0 bridgehead atoms. The van der Waals surface area contributed by atoms with Crippen molar-refractivity contribution in [2.75, 3.05) is 13.2 Å². The molecule has 0 radical (unpaired) electrons. The number of aliphatic hydroxyl groups is 1. The Morgan fingerprint density at radius 3 is 2.64 bits per heavy atom. The molecule has 0 saturated carbocycles. The van der Waals surface area contributed by atoms with Crippen molar-refractivity contribution in [3.05, 3.63) is 34.6 Å². The second kappa shape index (κ2) is 4.26. The van der Waals surface area contributed by atoms with Gasteiger partial charge >= 0.3 is 0 Å². The lowest BCUT2D eigenvalue weighted by Gasteiger charge is -2.26. The molecule has 0 spiro atoms. The third-order valence-corrected chi connectivity index (χ3v) is 2.62. The van der Waals surface area contributed by atoms with Gasteiger partial charge in [-0.15, -0.1) is 0 Å². The molecule has 4 heteroatoms. The Morgan fingerprint density at radius 2 is 2.21 bits per heavy atom. The molecule has 3 N–H and O–H groups in total. The first kappa shape index (κ1) is 11.4. The highest BCUT2D eigenvalue weighted by atomic mass is 35.5. The molecular formula is C10H13ClFNO. The summed E-state index contributed by atoms with van der Waals surface area (Å²) in [5.74, 6) is -0.431. The predicted molar refractivity (Wildman–Crippen MR) is 54.9 cm³/mol. The van der Waals surface area contributed by atoms with Crippen molar-refractivity contribution in [2.45, 2.75) is 12.3 Å². The topological polar surface area (TPSA) is 46.2 Å². The summed E-state index contributed by atoms with van der Waals surface area (Å²) >= 11 is 5.62. The summed E-state index contributed by atoms with van der Waals surface area (Å²) in [6.07, 6.45) is 0. The molecule has 0 fully saturated rings. The molecule has 0 heterocycles.